The monoisotopic (exact) mass is 342 g/mol. The fourth-order valence-electron chi connectivity index (χ4n) is 2.24. The lowest BCUT2D eigenvalue weighted by Gasteiger charge is -2.13. The van der Waals surface area contributed by atoms with Crippen LogP contribution in [-0.4, -0.2) is 25.5 Å². The Morgan fingerprint density at radius 2 is 1.84 bits per heavy atom. The van der Waals surface area contributed by atoms with Crippen LogP contribution in [0, 0.1) is 0 Å². The van der Waals surface area contributed by atoms with Gasteiger partial charge in [-0.05, 0) is 23.8 Å². The third-order valence-electron chi connectivity index (χ3n) is 3.41. The SMILES string of the molecule is COc1ccc(NC(C)=O)cc1NCCC(=O)OCc1ccccc1. The quantitative estimate of drug-likeness (QED) is 0.721. The average molecular weight is 342 g/mol. The summed E-state index contributed by atoms with van der Waals surface area (Å²) in [7, 11) is 1.56. The number of carbonyl (C=O) groups excluding carboxylic acids is 2. The van der Waals surface area contributed by atoms with E-state index in [9.17, 15) is 9.59 Å². The van der Waals surface area contributed by atoms with Crippen LogP contribution in [0.3, 0.4) is 0 Å². The van der Waals surface area contributed by atoms with Gasteiger partial charge >= 0.3 is 5.97 Å². The number of benzene rings is 2. The van der Waals surface area contributed by atoms with Crippen molar-refractivity contribution in [3.63, 3.8) is 0 Å². The lowest BCUT2D eigenvalue weighted by atomic mass is 10.2. The van der Waals surface area contributed by atoms with Gasteiger partial charge in [0, 0.05) is 19.2 Å². The second-order valence-electron chi connectivity index (χ2n) is 5.42. The van der Waals surface area contributed by atoms with E-state index in [0.29, 0.717) is 23.7 Å². The summed E-state index contributed by atoms with van der Waals surface area (Å²) in [6.45, 7) is 2.11. The van der Waals surface area contributed by atoms with E-state index in [0.717, 1.165) is 5.56 Å². The normalized spacial score (nSPS) is 10.0. The van der Waals surface area contributed by atoms with Gasteiger partial charge in [0.05, 0.1) is 19.2 Å². The number of rotatable bonds is 8. The van der Waals surface area contributed by atoms with Gasteiger partial charge in [-0.3, -0.25) is 9.59 Å². The minimum Gasteiger partial charge on any atom is -0.495 e. The van der Waals surface area contributed by atoms with Crippen molar-refractivity contribution < 1.29 is 19.1 Å². The number of methoxy groups -OCH3 is 1. The molecule has 0 saturated carbocycles. The summed E-state index contributed by atoms with van der Waals surface area (Å²) in [5.41, 5.74) is 2.31. The zero-order valence-corrected chi connectivity index (χ0v) is 14.4. The first kappa shape index (κ1) is 18.3. The van der Waals surface area contributed by atoms with Crippen molar-refractivity contribution in [2.75, 3.05) is 24.3 Å². The van der Waals surface area contributed by atoms with E-state index in [2.05, 4.69) is 10.6 Å². The molecule has 0 saturated heterocycles. The first-order valence-corrected chi connectivity index (χ1v) is 7.97. The Morgan fingerprint density at radius 1 is 1.08 bits per heavy atom. The van der Waals surface area contributed by atoms with E-state index >= 15 is 0 Å². The second kappa shape index (κ2) is 9.32. The van der Waals surface area contributed by atoms with Gasteiger partial charge in [-0.15, -0.1) is 0 Å². The second-order valence-corrected chi connectivity index (χ2v) is 5.42. The number of hydrogen-bond acceptors (Lipinski definition) is 5. The predicted octanol–water partition coefficient (Wildman–Crippen LogP) is 3.20. The molecule has 0 spiro atoms. The predicted molar refractivity (Wildman–Crippen MR) is 96.6 cm³/mol. The molecule has 132 valence electrons. The molecule has 6 nitrogen and oxygen atoms in total. The van der Waals surface area contributed by atoms with Crippen molar-refractivity contribution in [2.45, 2.75) is 20.0 Å². The van der Waals surface area contributed by atoms with Crippen LogP contribution in [-0.2, 0) is 20.9 Å². The van der Waals surface area contributed by atoms with Crippen LogP contribution in [0.5, 0.6) is 5.75 Å². The Bertz CT molecular complexity index is 717. The van der Waals surface area contributed by atoms with Gasteiger partial charge in [0.1, 0.15) is 12.4 Å². The van der Waals surface area contributed by atoms with Gasteiger partial charge in [-0.2, -0.15) is 0 Å². The Kier molecular flexibility index (Phi) is 6.83. The minimum atomic E-state index is -0.284. The fraction of sp³-hybridized carbons (Fsp3) is 0.263. The van der Waals surface area contributed by atoms with Crippen molar-refractivity contribution >= 4 is 23.3 Å². The van der Waals surface area contributed by atoms with Crippen LogP contribution in [0.15, 0.2) is 48.5 Å². The van der Waals surface area contributed by atoms with Gasteiger partial charge in [0.15, 0.2) is 0 Å². The molecule has 0 aliphatic rings. The summed E-state index contributed by atoms with van der Waals surface area (Å²) in [5.74, 6) is 0.195. The third kappa shape index (κ3) is 6.18. The van der Waals surface area contributed by atoms with Crippen LogP contribution in [0.2, 0.25) is 0 Å². The molecule has 0 aromatic heterocycles. The number of ether oxygens (including phenoxy) is 2. The summed E-state index contributed by atoms with van der Waals surface area (Å²) < 4.78 is 10.5. The highest BCUT2D eigenvalue weighted by Gasteiger charge is 2.07. The van der Waals surface area contributed by atoms with Crippen LogP contribution in [0.1, 0.15) is 18.9 Å². The Morgan fingerprint density at radius 3 is 2.52 bits per heavy atom. The highest BCUT2D eigenvalue weighted by Crippen LogP contribution is 2.27. The molecular formula is C19H22N2O4. The largest absolute Gasteiger partial charge is 0.495 e. The van der Waals surface area contributed by atoms with E-state index in [1.807, 2.05) is 30.3 Å². The molecule has 0 atom stereocenters. The van der Waals surface area contributed by atoms with Crippen LogP contribution >= 0.6 is 0 Å². The van der Waals surface area contributed by atoms with Gasteiger partial charge in [-0.1, -0.05) is 30.3 Å². The van der Waals surface area contributed by atoms with Crippen molar-refractivity contribution in [3.05, 3.63) is 54.1 Å². The molecule has 1 amide bonds. The highest BCUT2D eigenvalue weighted by molar-refractivity contribution is 5.89. The maximum Gasteiger partial charge on any atom is 0.307 e. The number of amides is 1. The first-order valence-electron chi connectivity index (χ1n) is 7.97. The standard InChI is InChI=1S/C19H22N2O4/c1-14(22)21-16-8-9-18(24-2)17(12-16)20-11-10-19(23)25-13-15-6-4-3-5-7-15/h3-9,12,20H,10-11,13H2,1-2H3,(H,21,22). The first-order chi connectivity index (χ1) is 12.1. The molecule has 2 aromatic rings. The Hall–Kier alpha value is -3.02. The maximum absolute atomic E-state index is 11.8. The molecule has 0 bridgehead atoms. The molecule has 0 heterocycles. The fourth-order valence-corrected chi connectivity index (χ4v) is 2.24. The third-order valence-corrected chi connectivity index (χ3v) is 3.41. The summed E-state index contributed by atoms with van der Waals surface area (Å²) >= 11 is 0. The minimum absolute atomic E-state index is 0.152. The van der Waals surface area contributed by atoms with Crippen molar-refractivity contribution in [1.29, 1.82) is 0 Å². The number of hydrogen-bond donors (Lipinski definition) is 2. The Balaban J connectivity index is 1.83. The molecule has 0 unspecified atom stereocenters. The van der Waals surface area contributed by atoms with Gasteiger partial charge in [0.2, 0.25) is 5.91 Å². The number of nitrogens with one attached hydrogen (secondary N) is 2. The van der Waals surface area contributed by atoms with Crippen LogP contribution in [0.4, 0.5) is 11.4 Å². The van der Waals surface area contributed by atoms with Gasteiger partial charge < -0.3 is 20.1 Å². The molecule has 25 heavy (non-hydrogen) atoms. The highest BCUT2D eigenvalue weighted by atomic mass is 16.5. The number of carbonyl (C=O) groups is 2. The van der Waals surface area contributed by atoms with E-state index in [1.165, 1.54) is 6.92 Å². The molecule has 2 N–H and O–H groups in total. The lowest BCUT2D eigenvalue weighted by molar-refractivity contribution is -0.144. The Labute approximate surface area is 147 Å². The van der Waals surface area contributed by atoms with Gasteiger partial charge in [-0.25, -0.2) is 0 Å². The van der Waals surface area contributed by atoms with E-state index < -0.39 is 0 Å². The van der Waals surface area contributed by atoms with E-state index in [4.69, 9.17) is 9.47 Å². The maximum atomic E-state index is 11.8. The molecular weight excluding hydrogens is 320 g/mol. The summed E-state index contributed by atoms with van der Waals surface area (Å²) in [6, 6.07) is 14.8. The van der Waals surface area contributed by atoms with Crippen LogP contribution < -0.4 is 15.4 Å². The summed E-state index contributed by atoms with van der Waals surface area (Å²) in [6.07, 6.45) is 0.223. The van der Waals surface area contributed by atoms with Crippen molar-refractivity contribution in [2.24, 2.45) is 0 Å². The molecule has 6 heteroatoms. The summed E-state index contributed by atoms with van der Waals surface area (Å²) in [5, 5.41) is 5.84. The molecule has 0 fully saturated rings. The van der Waals surface area contributed by atoms with Gasteiger partial charge in [0.25, 0.3) is 0 Å². The molecule has 2 rings (SSSR count). The zero-order valence-electron chi connectivity index (χ0n) is 14.4. The topological polar surface area (TPSA) is 76.7 Å². The van der Waals surface area contributed by atoms with E-state index in [1.54, 1.807) is 25.3 Å². The number of esters is 1. The van der Waals surface area contributed by atoms with Crippen molar-refractivity contribution in [1.82, 2.24) is 0 Å². The molecule has 0 aliphatic carbocycles. The summed E-state index contributed by atoms with van der Waals surface area (Å²) in [4.78, 5) is 23.0. The van der Waals surface area contributed by atoms with Crippen LogP contribution in [0.25, 0.3) is 0 Å². The molecule has 2 aromatic carbocycles. The smallest absolute Gasteiger partial charge is 0.307 e. The van der Waals surface area contributed by atoms with Crippen molar-refractivity contribution in [3.8, 4) is 5.75 Å². The van der Waals surface area contributed by atoms with E-state index in [-0.39, 0.29) is 24.9 Å². The molecule has 0 aliphatic heterocycles. The lowest BCUT2D eigenvalue weighted by Crippen LogP contribution is -2.12. The zero-order chi connectivity index (χ0) is 18.1. The average Bonchev–Trinajstić information content (AvgIpc) is 2.60. The number of anilines is 2. The molecule has 0 radical (unpaired) electrons.